The number of hydrogen-bond acceptors (Lipinski definition) is 3. The Labute approximate surface area is 108 Å². The Bertz CT molecular complexity index is 532. The molecule has 0 aliphatic carbocycles. The summed E-state index contributed by atoms with van der Waals surface area (Å²) in [6.07, 6.45) is 1.92. The number of aryl methyl sites for hydroxylation is 2. The van der Waals surface area contributed by atoms with E-state index in [0.717, 1.165) is 22.6 Å². The van der Waals surface area contributed by atoms with Crippen LogP contribution in [0, 0.1) is 13.8 Å². The maximum atomic E-state index is 4.59. The molecule has 0 amide bonds. The zero-order chi connectivity index (χ0) is 13.1. The van der Waals surface area contributed by atoms with E-state index in [9.17, 15) is 0 Å². The minimum atomic E-state index is 0.275. The van der Waals surface area contributed by atoms with Crippen LogP contribution in [0.25, 0.3) is 11.4 Å². The number of hydrogen-bond donors (Lipinski definition) is 1. The van der Waals surface area contributed by atoms with Crippen molar-refractivity contribution in [3.63, 3.8) is 0 Å². The first-order valence-corrected chi connectivity index (χ1v) is 6.19. The van der Waals surface area contributed by atoms with Gasteiger partial charge in [0.1, 0.15) is 0 Å². The van der Waals surface area contributed by atoms with Crippen molar-refractivity contribution >= 4 is 0 Å². The Morgan fingerprint density at radius 1 is 1.11 bits per heavy atom. The van der Waals surface area contributed by atoms with Crippen molar-refractivity contribution in [3.05, 3.63) is 47.3 Å². The van der Waals surface area contributed by atoms with Crippen molar-refractivity contribution in [1.82, 2.24) is 15.3 Å². The summed E-state index contributed by atoms with van der Waals surface area (Å²) in [4.78, 5) is 9.05. The summed E-state index contributed by atoms with van der Waals surface area (Å²) in [5, 5.41) is 3.21. The maximum absolute atomic E-state index is 4.59. The molecule has 94 valence electrons. The molecule has 0 radical (unpaired) electrons. The largest absolute Gasteiger partial charge is 0.313 e. The molecule has 3 nitrogen and oxygen atoms in total. The Kier molecular flexibility index (Phi) is 3.72. The first-order chi connectivity index (χ1) is 8.61. The molecule has 0 spiro atoms. The van der Waals surface area contributed by atoms with Crippen molar-refractivity contribution in [2.45, 2.75) is 26.8 Å². The number of rotatable bonds is 3. The lowest BCUT2D eigenvalue weighted by Crippen LogP contribution is -2.14. The van der Waals surface area contributed by atoms with Crippen LogP contribution < -0.4 is 5.32 Å². The summed E-state index contributed by atoms with van der Waals surface area (Å²) in [7, 11) is 1.94. The zero-order valence-electron chi connectivity index (χ0n) is 11.4. The summed E-state index contributed by atoms with van der Waals surface area (Å²) in [5.41, 5.74) is 4.49. The van der Waals surface area contributed by atoms with Crippen LogP contribution >= 0.6 is 0 Å². The molecule has 0 aliphatic rings. The van der Waals surface area contributed by atoms with Gasteiger partial charge in [0.2, 0.25) is 0 Å². The molecule has 1 heterocycles. The lowest BCUT2D eigenvalue weighted by Gasteiger charge is -2.13. The third kappa shape index (κ3) is 2.57. The highest BCUT2D eigenvalue weighted by Crippen LogP contribution is 2.19. The molecule has 0 aliphatic heterocycles. The summed E-state index contributed by atoms with van der Waals surface area (Å²) in [6.45, 7) is 6.22. The molecular formula is C15H19N3. The highest BCUT2D eigenvalue weighted by atomic mass is 14.9. The van der Waals surface area contributed by atoms with Crippen molar-refractivity contribution in [2.24, 2.45) is 0 Å². The van der Waals surface area contributed by atoms with Crippen LogP contribution in [-0.2, 0) is 0 Å². The van der Waals surface area contributed by atoms with E-state index < -0.39 is 0 Å². The van der Waals surface area contributed by atoms with Gasteiger partial charge >= 0.3 is 0 Å². The zero-order valence-corrected chi connectivity index (χ0v) is 11.4. The number of nitrogens with zero attached hydrogens (tertiary/aromatic N) is 2. The fourth-order valence-electron chi connectivity index (χ4n) is 1.90. The standard InChI is InChI=1S/C15H19N3/c1-10-5-7-13(8-6-10)15-17-9-14(11(2)16-4)12(3)18-15/h5-9,11,16H,1-4H3. The second-order valence-corrected chi connectivity index (χ2v) is 4.61. The van der Waals surface area contributed by atoms with E-state index in [2.05, 4.69) is 53.4 Å². The van der Waals surface area contributed by atoms with E-state index in [-0.39, 0.29) is 6.04 Å². The molecule has 1 aromatic carbocycles. The van der Waals surface area contributed by atoms with Crippen LogP contribution in [0.15, 0.2) is 30.5 Å². The third-order valence-electron chi connectivity index (χ3n) is 3.23. The second-order valence-electron chi connectivity index (χ2n) is 4.61. The molecule has 2 rings (SSSR count). The van der Waals surface area contributed by atoms with Gasteiger partial charge in [-0.1, -0.05) is 29.8 Å². The number of benzene rings is 1. The summed E-state index contributed by atoms with van der Waals surface area (Å²) in [5.74, 6) is 0.791. The summed E-state index contributed by atoms with van der Waals surface area (Å²) < 4.78 is 0. The molecule has 1 N–H and O–H groups in total. The average Bonchev–Trinajstić information content (AvgIpc) is 2.38. The van der Waals surface area contributed by atoms with Gasteiger partial charge in [-0.2, -0.15) is 0 Å². The Morgan fingerprint density at radius 3 is 2.33 bits per heavy atom. The predicted molar refractivity (Wildman–Crippen MR) is 74.4 cm³/mol. The fourth-order valence-corrected chi connectivity index (χ4v) is 1.90. The van der Waals surface area contributed by atoms with Gasteiger partial charge < -0.3 is 5.32 Å². The Balaban J connectivity index is 2.37. The lowest BCUT2D eigenvalue weighted by atomic mass is 10.1. The molecule has 0 saturated carbocycles. The lowest BCUT2D eigenvalue weighted by molar-refractivity contribution is 0.641. The van der Waals surface area contributed by atoms with Crippen LogP contribution in [0.4, 0.5) is 0 Å². The normalized spacial score (nSPS) is 12.4. The SMILES string of the molecule is CNC(C)c1cnc(-c2ccc(C)cc2)nc1C. The van der Waals surface area contributed by atoms with E-state index in [4.69, 9.17) is 0 Å². The van der Waals surface area contributed by atoms with Gasteiger partial charge in [0.25, 0.3) is 0 Å². The number of aromatic nitrogens is 2. The highest BCUT2D eigenvalue weighted by molar-refractivity contribution is 5.55. The van der Waals surface area contributed by atoms with Crippen LogP contribution in [0.3, 0.4) is 0 Å². The van der Waals surface area contributed by atoms with Crippen LogP contribution in [-0.4, -0.2) is 17.0 Å². The monoisotopic (exact) mass is 241 g/mol. The first kappa shape index (κ1) is 12.7. The van der Waals surface area contributed by atoms with E-state index in [1.54, 1.807) is 0 Å². The maximum Gasteiger partial charge on any atom is 0.159 e. The van der Waals surface area contributed by atoms with Crippen molar-refractivity contribution in [2.75, 3.05) is 7.05 Å². The topological polar surface area (TPSA) is 37.8 Å². The molecule has 18 heavy (non-hydrogen) atoms. The van der Waals surface area contributed by atoms with Gasteiger partial charge in [-0.15, -0.1) is 0 Å². The van der Waals surface area contributed by atoms with Gasteiger partial charge in [0, 0.05) is 29.1 Å². The van der Waals surface area contributed by atoms with Crippen molar-refractivity contribution in [3.8, 4) is 11.4 Å². The van der Waals surface area contributed by atoms with Crippen LogP contribution in [0.2, 0.25) is 0 Å². The van der Waals surface area contributed by atoms with E-state index in [0.29, 0.717) is 0 Å². The highest BCUT2D eigenvalue weighted by Gasteiger charge is 2.09. The van der Waals surface area contributed by atoms with Gasteiger partial charge in [0.15, 0.2) is 5.82 Å². The van der Waals surface area contributed by atoms with Gasteiger partial charge in [-0.25, -0.2) is 9.97 Å². The Morgan fingerprint density at radius 2 is 1.78 bits per heavy atom. The van der Waals surface area contributed by atoms with E-state index in [1.807, 2.05) is 20.2 Å². The molecule has 2 aromatic rings. The minimum absolute atomic E-state index is 0.275. The molecule has 1 aromatic heterocycles. The molecule has 3 heteroatoms. The Hall–Kier alpha value is -1.74. The fraction of sp³-hybridized carbons (Fsp3) is 0.333. The predicted octanol–water partition coefficient (Wildman–Crippen LogP) is 3.04. The first-order valence-electron chi connectivity index (χ1n) is 6.19. The van der Waals surface area contributed by atoms with E-state index >= 15 is 0 Å². The molecule has 0 bridgehead atoms. The molecular weight excluding hydrogens is 222 g/mol. The van der Waals surface area contributed by atoms with Gasteiger partial charge in [-0.05, 0) is 27.8 Å². The molecule has 0 fully saturated rings. The number of nitrogens with one attached hydrogen (secondary N) is 1. The van der Waals surface area contributed by atoms with Crippen molar-refractivity contribution < 1.29 is 0 Å². The molecule has 1 unspecified atom stereocenters. The third-order valence-corrected chi connectivity index (χ3v) is 3.23. The van der Waals surface area contributed by atoms with Crippen LogP contribution in [0.5, 0.6) is 0 Å². The van der Waals surface area contributed by atoms with Crippen LogP contribution in [0.1, 0.15) is 29.8 Å². The smallest absolute Gasteiger partial charge is 0.159 e. The van der Waals surface area contributed by atoms with Gasteiger partial charge in [0.05, 0.1) is 0 Å². The van der Waals surface area contributed by atoms with Crippen molar-refractivity contribution in [1.29, 1.82) is 0 Å². The molecule has 1 atom stereocenters. The second kappa shape index (κ2) is 5.27. The average molecular weight is 241 g/mol. The van der Waals surface area contributed by atoms with E-state index in [1.165, 1.54) is 5.56 Å². The molecule has 0 saturated heterocycles. The summed E-state index contributed by atoms with van der Waals surface area (Å²) >= 11 is 0. The van der Waals surface area contributed by atoms with Gasteiger partial charge in [-0.3, -0.25) is 0 Å². The summed E-state index contributed by atoms with van der Waals surface area (Å²) in [6, 6.07) is 8.56. The minimum Gasteiger partial charge on any atom is -0.313 e. The quantitative estimate of drug-likeness (QED) is 0.897.